The maximum Gasteiger partial charge on any atom is 0.147 e. The van der Waals surface area contributed by atoms with Crippen molar-refractivity contribution >= 4 is 0 Å². The molecule has 4 aliphatic rings. The summed E-state index contributed by atoms with van der Waals surface area (Å²) in [5.74, 6) is 0.769. The number of piperidine rings is 3. The van der Waals surface area contributed by atoms with Gasteiger partial charge in [0.15, 0.2) is 0 Å². The molecule has 3 heteroatoms. The van der Waals surface area contributed by atoms with Crippen LogP contribution >= 0.6 is 0 Å². The van der Waals surface area contributed by atoms with Crippen molar-refractivity contribution in [1.29, 1.82) is 0 Å². The quantitative estimate of drug-likeness (QED) is 0.525. The average molecular weight is 169 g/mol. The van der Waals surface area contributed by atoms with E-state index in [4.69, 9.17) is 9.47 Å². The Kier molecular flexibility index (Phi) is 1.48. The second-order valence-electron chi connectivity index (χ2n) is 4.23. The van der Waals surface area contributed by atoms with Crippen molar-refractivity contribution in [2.45, 2.75) is 18.4 Å². The average Bonchev–Trinajstić information content (AvgIpc) is 2.55. The van der Waals surface area contributed by atoms with Gasteiger partial charge in [0, 0.05) is 6.54 Å². The molecule has 68 valence electrons. The van der Waals surface area contributed by atoms with Crippen molar-refractivity contribution in [1.82, 2.24) is 4.90 Å². The summed E-state index contributed by atoms with van der Waals surface area (Å²) in [6.07, 6.45) is 2.62. The van der Waals surface area contributed by atoms with E-state index < -0.39 is 0 Å². The molecule has 4 saturated heterocycles. The lowest BCUT2D eigenvalue weighted by atomic mass is 9.76. The van der Waals surface area contributed by atoms with Crippen LogP contribution in [0.1, 0.15) is 12.8 Å². The Hall–Kier alpha value is -0.120. The van der Waals surface area contributed by atoms with Crippen LogP contribution in [-0.4, -0.2) is 43.5 Å². The van der Waals surface area contributed by atoms with Gasteiger partial charge in [-0.3, -0.25) is 0 Å². The highest BCUT2D eigenvalue weighted by Gasteiger charge is 2.50. The normalized spacial score (nSPS) is 52.0. The second-order valence-corrected chi connectivity index (χ2v) is 4.23. The van der Waals surface area contributed by atoms with Crippen LogP contribution in [0.4, 0.5) is 0 Å². The van der Waals surface area contributed by atoms with Gasteiger partial charge >= 0.3 is 0 Å². The monoisotopic (exact) mass is 169 g/mol. The van der Waals surface area contributed by atoms with Crippen molar-refractivity contribution in [3.8, 4) is 0 Å². The summed E-state index contributed by atoms with van der Waals surface area (Å²) in [6.45, 7) is 5.00. The molecule has 0 unspecified atom stereocenters. The summed E-state index contributed by atoms with van der Waals surface area (Å²) in [5.41, 5.74) is 0.0938. The number of ether oxygens (including phenoxy) is 2. The molecule has 4 fully saturated rings. The number of hydrogen-bond donors (Lipinski definition) is 0. The van der Waals surface area contributed by atoms with Gasteiger partial charge in [-0.25, -0.2) is 0 Å². The maximum atomic E-state index is 5.75. The zero-order valence-corrected chi connectivity index (χ0v) is 7.29. The van der Waals surface area contributed by atoms with E-state index in [0.29, 0.717) is 6.79 Å². The molecule has 4 aliphatic heterocycles. The zero-order chi connectivity index (χ0) is 8.02. The van der Waals surface area contributed by atoms with Crippen LogP contribution in [-0.2, 0) is 9.47 Å². The molecule has 1 spiro atoms. The fraction of sp³-hybridized carbons (Fsp3) is 1.00. The fourth-order valence-electron chi connectivity index (χ4n) is 2.87. The van der Waals surface area contributed by atoms with E-state index >= 15 is 0 Å². The molecule has 0 aromatic heterocycles. The summed E-state index contributed by atoms with van der Waals surface area (Å²) in [4.78, 5) is 2.51. The van der Waals surface area contributed by atoms with Crippen LogP contribution < -0.4 is 0 Å². The summed E-state index contributed by atoms with van der Waals surface area (Å²) in [7, 11) is 0. The summed E-state index contributed by atoms with van der Waals surface area (Å²) in [5, 5.41) is 0. The molecule has 0 aromatic carbocycles. The molecule has 12 heavy (non-hydrogen) atoms. The smallest absolute Gasteiger partial charge is 0.147 e. The topological polar surface area (TPSA) is 21.7 Å². The van der Waals surface area contributed by atoms with Gasteiger partial charge in [0.05, 0.1) is 6.61 Å². The van der Waals surface area contributed by atoms with Crippen molar-refractivity contribution in [2.75, 3.05) is 33.0 Å². The van der Waals surface area contributed by atoms with E-state index in [-0.39, 0.29) is 5.60 Å². The summed E-state index contributed by atoms with van der Waals surface area (Å²) in [6, 6.07) is 0. The van der Waals surface area contributed by atoms with Crippen LogP contribution in [0.3, 0.4) is 0 Å². The van der Waals surface area contributed by atoms with Gasteiger partial charge in [-0.15, -0.1) is 0 Å². The third-order valence-corrected chi connectivity index (χ3v) is 3.60. The molecule has 4 heterocycles. The predicted octanol–water partition coefficient (Wildman–Crippen LogP) is 0.455. The molecule has 0 radical (unpaired) electrons. The summed E-state index contributed by atoms with van der Waals surface area (Å²) < 4.78 is 11.1. The Morgan fingerprint density at radius 2 is 2.08 bits per heavy atom. The lowest BCUT2D eigenvalue weighted by Gasteiger charge is -2.49. The van der Waals surface area contributed by atoms with Gasteiger partial charge in [-0.2, -0.15) is 0 Å². The third-order valence-electron chi connectivity index (χ3n) is 3.60. The Morgan fingerprint density at radius 1 is 1.25 bits per heavy atom. The number of rotatable bonds is 0. The Morgan fingerprint density at radius 3 is 2.58 bits per heavy atom. The first-order valence-corrected chi connectivity index (χ1v) is 4.83. The zero-order valence-electron chi connectivity index (χ0n) is 7.29. The van der Waals surface area contributed by atoms with Gasteiger partial charge in [0.1, 0.15) is 12.4 Å². The first-order chi connectivity index (χ1) is 5.89. The van der Waals surface area contributed by atoms with Crippen LogP contribution in [0, 0.1) is 5.92 Å². The minimum absolute atomic E-state index is 0.0938. The van der Waals surface area contributed by atoms with Crippen molar-refractivity contribution in [3.63, 3.8) is 0 Å². The van der Waals surface area contributed by atoms with Crippen LogP contribution in [0.25, 0.3) is 0 Å². The Balaban J connectivity index is 1.86. The Bertz CT molecular complexity index is 181. The van der Waals surface area contributed by atoms with Gasteiger partial charge in [0.2, 0.25) is 0 Å². The molecule has 0 amide bonds. The van der Waals surface area contributed by atoms with Gasteiger partial charge < -0.3 is 14.4 Å². The number of hydrogen-bond acceptors (Lipinski definition) is 3. The van der Waals surface area contributed by atoms with E-state index in [1.54, 1.807) is 0 Å². The lowest BCUT2D eigenvalue weighted by Crippen LogP contribution is -2.60. The molecule has 0 N–H and O–H groups in total. The van der Waals surface area contributed by atoms with Crippen LogP contribution in [0.5, 0.6) is 0 Å². The minimum atomic E-state index is 0.0938. The Labute approximate surface area is 72.6 Å². The van der Waals surface area contributed by atoms with Crippen molar-refractivity contribution in [3.05, 3.63) is 0 Å². The third kappa shape index (κ3) is 0.873. The highest BCUT2D eigenvalue weighted by atomic mass is 16.7. The molecule has 0 aliphatic carbocycles. The van der Waals surface area contributed by atoms with E-state index in [9.17, 15) is 0 Å². The SMILES string of the molecule is C1OC[C@]2(CN3CCC2CC3)O1. The molecular weight excluding hydrogens is 154 g/mol. The van der Waals surface area contributed by atoms with Gasteiger partial charge in [-0.05, 0) is 31.8 Å². The van der Waals surface area contributed by atoms with Crippen molar-refractivity contribution in [2.24, 2.45) is 5.92 Å². The molecule has 3 nitrogen and oxygen atoms in total. The number of nitrogens with zero attached hydrogens (tertiary/aromatic N) is 1. The van der Waals surface area contributed by atoms with Gasteiger partial charge in [0.25, 0.3) is 0 Å². The molecule has 0 saturated carbocycles. The van der Waals surface area contributed by atoms with E-state index in [0.717, 1.165) is 19.1 Å². The second kappa shape index (κ2) is 2.44. The van der Waals surface area contributed by atoms with Crippen LogP contribution in [0.2, 0.25) is 0 Å². The summed E-state index contributed by atoms with van der Waals surface area (Å²) >= 11 is 0. The standard InChI is InChI=1S/C9H15NO2/c1-3-10-4-2-8(1)9(5-10)6-11-7-12-9/h8H,1-7H2/t9-/m0/s1. The van der Waals surface area contributed by atoms with Crippen LogP contribution in [0.15, 0.2) is 0 Å². The molecule has 1 atom stereocenters. The number of fused-ring (bicyclic) bond motifs is 2. The van der Waals surface area contributed by atoms with Gasteiger partial charge in [-0.1, -0.05) is 0 Å². The lowest BCUT2D eigenvalue weighted by molar-refractivity contribution is -0.117. The maximum absolute atomic E-state index is 5.75. The fourth-order valence-corrected chi connectivity index (χ4v) is 2.87. The van der Waals surface area contributed by atoms with E-state index in [1.807, 2.05) is 0 Å². The molecule has 2 bridgehead atoms. The molecular formula is C9H15NO2. The highest BCUT2D eigenvalue weighted by Crippen LogP contribution is 2.40. The minimum Gasteiger partial charge on any atom is -0.352 e. The largest absolute Gasteiger partial charge is 0.352 e. The first-order valence-electron chi connectivity index (χ1n) is 4.83. The van der Waals surface area contributed by atoms with E-state index in [1.165, 1.54) is 25.9 Å². The molecule has 4 rings (SSSR count). The molecule has 0 aromatic rings. The predicted molar refractivity (Wildman–Crippen MR) is 43.8 cm³/mol. The first kappa shape index (κ1) is 7.30. The van der Waals surface area contributed by atoms with E-state index in [2.05, 4.69) is 4.90 Å². The highest BCUT2D eigenvalue weighted by molar-refractivity contribution is 5.00. The van der Waals surface area contributed by atoms with Crippen molar-refractivity contribution < 1.29 is 9.47 Å².